The number of rotatable bonds is 6. The third-order valence-corrected chi connectivity index (χ3v) is 4.10. The molecule has 0 spiro atoms. The molecule has 2 rings (SSSR count). The number of nitrogens with one attached hydrogen (secondary N) is 1. The summed E-state index contributed by atoms with van der Waals surface area (Å²) in [6.07, 6.45) is 4.00. The zero-order valence-electron chi connectivity index (χ0n) is 11.4. The maximum atomic E-state index is 4.49. The number of benzene rings is 1. The summed E-state index contributed by atoms with van der Waals surface area (Å²) in [6, 6.07) is 16.7. The highest BCUT2D eigenvalue weighted by molar-refractivity contribution is 7.99. The van der Waals surface area contributed by atoms with Gasteiger partial charge in [0.15, 0.2) is 0 Å². The van der Waals surface area contributed by atoms with Gasteiger partial charge in [-0.1, -0.05) is 43.3 Å². The summed E-state index contributed by atoms with van der Waals surface area (Å²) in [5, 5.41) is 4.21. The molecular weight excluding hydrogens is 252 g/mol. The Morgan fingerprint density at radius 1 is 1.11 bits per heavy atom. The highest BCUT2D eigenvalue weighted by Gasteiger charge is 2.15. The van der Waals surface area contributed by atoms with Crippen molar-refractivity contribution in [3.63, 3.8) is 0 Å². The van der Waals surface area contributed by atoms with E-state index < -0.39 is 0 Å². The van der Waals surface area contributed by atoms with E-state index in [1.54, 1.807) is 0 Å². The Hall–Kier alpha value is -1.32. The summed E-state index contributed by atoms with van der Waals surface area (Å²) in [5.74, 6) is 0. The molecule has 100 valence electrons. The van der Waals surface area contributed by atoms with Crippen molar-refractivity contribution in [2.45, 2.75) is 18.2 Å². The second kappa shape index (κ2) is 7.31. The van der Waals surface area contributed by atoms with E-state index in [4.69, 9.17) is 0 Å². The molecule has 0 radical (unpaired) electrons. The van der Waals surface area contributed by atoms with Gasteiger partial charge in [-0.3, -0.25) is 4.98 Å². The molecule has 3 heteroatoms. The van der Waals surface area contributed by atoms with Gasteiger partial charge in [-0.25, -0.2) is 0 Å². The SMILES string of the molecule is CSC(C)CNC(c1ccccc1)c1ccccn1. The Morgan fingerprint density at radius 3 is 2.47 bits per heavy atom. The van der Waals surface area contributed by atoms with Gasteiger partial charge in [0, 0.05) is 18.0 Å². The minimum atomic E-state index is 0.164. The van der Waals surface area contributed by atoms with Crippen LogP contribution in [-0.2, 0) is 0 Å². The normalized spacial score (nSPS) is 14.0. The molecule has 0 fully saturated rings. The third-order valence-electron chi connectivity index (χ3n) is 3.13. The molecule has 2 nitrogen and oxygen atoms in total. The number of hydrogen-bond acceptors (Lipinski definition) is 3. The van der Waals surface area contributed by atoms with Crippen molar-refractivity contribution in [3.8, 4) is 0 Å². The second-order valence-electron chi connectivity index (χ2n) is 4.55. The van der Waals surface area contributed by atoms with Crippen molar-refractivity contribution in [2.75, 3.05) is 12.8 Å². The minimum Gasteiger partial charge on any atom is -0.304 e. The van der Waals surface area contributed by atoms with Crippen LogP contribution in [0.3, 0.4) is 0 Å². The Kier molecular flexibility index (Phi) is 5.43. The molecule has 19 heavy (non-hydrogen) atoms. The second-order valence-corrected chi connectivity index (χ2v) is 5.83. The molecule has 1 aromatic carbocycles. The molecule has 0 aliphatic carbocycles. The molecule has 0 bridgehead atoms. The summed E-state index contributed by atoms with van der Waals surface area (Å²) in [5.41, 5.74) is 2.33. The van der Waals surface area contributed by atoms with Crippen LogP contribution in [0.2, 0.25) is 0 Å². The Labute approximate surface area is 119 Å². The van der Waals surface area contributed by atoms with Gasteiger partial charge >= 0.3 is 0 Å². The topological polar surface area (TPSA) is 24.9 Å². The third kappa shape index (κ3) is 4.08. The van der Waals surface area contributed by atoms with Crippen molar-refractivity contribution >= 4 is 11.8 Å². The molecule has 2 aromatic rings. The molecule has 0 aliphatic rings. The Morgan fingerprint density at radius 2 is 1.84 bits per heavy atom. The lowest BCUT2D eigenvalue weighted by molar-refractivity contribution is 0.592. The fraction of sp³-hybridized carbons (Fsp3) is 0.312. The van der Waals surface area contributed by atoms with Crippen LogP contribution in [0.1, 0.15) is 24.2 Å². The van der Waals surface area contributed by atoms with E-state index in [9.17, 15) is 0 Å². The van der Waals surface area contributed by atoms with E-state index in [-0.39, 0.29) is 6.04 Å². The van der Waals surface area contributed by atoms with Gasteiger partial charge in [0.25, 0.3) is 0 Å². The Balaban J connectivity index is 2.19. The van der Waals surface area contributed by atoms with Gasteiger partial charge in [0.2, 0.25) is 0 Å². The lowest BCUT2D eigenvalue weighted by atomic mass is 10.0. The summed E-state index contributed by atoms with van der Waals surface area (Å²) in [7, 11) is 0. The molecule has 1 aromatic heterocycles. The highest BCUT2D eigenvalue weighted by atomic mass is 32.2. The van der Waals surface area contributed by atoms with Crippen LogP contribution in [-0.4, -0.2) is 23.0 Å². The van der Waals surface area contributed by atoms with Crippen LogP contribution in [0, 0.1) is 0 Å². The monoisotopic (exact) mass is 272 g/mol. The van der Waals surface area contributed by atoms with Gasteiger partial charge in [-0.15, -0.1) is 0 Å². The molecule has 2 unspecified atom stereocenters. The van der Waals surface area contributed by atoms with Crippen LogP contribution in [0.5, 0.6) is 0 Å². The van der Waals surface area contributed by atoms with E-state index in [0.29, 0.717) is 5.25 Å². The maximum absolute atomic E-state index is 4.49. The van der Waals surface area contributed by atoms with E-state index in [1.807, 2.05) is 36.2 Å². The zero-order valence-corrected chi connectivity index (χ0v) is 12.2. The number of pyridine rings is 1. The van der Waals surface area contributed by atoms with Crippen LogP contribution in [0.25, 0.3) is 0 Å². The van der Waals surface area contributed by atoms with Crippen molar-refractivity contribution in [1.82, 2.24) is 10.3 Å². The first kappa shape index (κ1) is 14.1. The van der Waals surface area contributed by atoms with Crippen molar-refractivity contribution in [3.05, 3.63) is 66.0 Å². The van der Waals surface area contributed by atoms with E-state index >= 15 is 0 Å². The maximum Gasteiger partial charge on any atom is 0.0751 e. The highest BCUT2D eigenvalue weighted by Crippen LogP contribution is 2.20. The fourth-order valence-electron chi connectivity index (χ4n) is 1.95. The molecule has 1 N–H and O–H groups in total. The van der Waals surface area contributed by atoms with Gasteiger partial charge < -0.3 is 5.32 Å². The Bertz CT molecular complexity index is 433. The van der Waals surface area contributed by atoms with Crippen LogP contribution >= 0.6 is 11.8 Å². The standard InChI is InChI=1S/C16H20N2S/c1-13(19-2)12-18-16(14-8-4-3-5-9-14)15-10-6-7-11-17-15/h3-11,13,16,18H,12H2,1-2H3. The smallest absolute Gasteiger partial charge is 0.0751 e. The lowest BCUT2D eigenvalue weighted by Crippen LogP contribution is -2.28. The first-order chi connectivity index (χ1) is 9.31. The largest absolute Gasteiger partial charge is 0.304 e. The lowest BCUT2D eigenvalue weighted by Gasteiger charge is -2.20. The van der Waals surface area contributed by atoms with Gasteiger partial charge in [0.1, 0.15) is 0 Å². The van der Waals surface area contributed by atoms with E-state index in [1.165, 1.54) is 5.56 Å². The number of hydrogen-bond donors (Lipinski definition) is 1. The molecule has 0 aliphatic heterocycles. The van der Waals surface area contributed by atoms with Gasteiger partial charge in [0.05, 0.1) is 11.7 Å². The molecule has 1 heterocycles. The zero-order chi connectivity index (χ0) is 13.5. The van der Waals surface area contributed by atoms with E-state index in [2.05, 4.69) is 53.8 Å². The predicted molar refractivity (Wildman–Crippen MR) is 83.5 cm³/mol. The van der Waals surface area contributed by atoms with Crippen LogP contribution < -0.4 is 5.32 Å². The van der Waals surface area contributed by atoms with Crippen LogP contribution in [0.4, 0.5) is 0 Å². The molecule has 0 saturated heterocycles. The van der Waals surface area contributed by atoms with Crippen molar-refractivity contribution in [1.29, 1.82) is 0 Å². The molecule has 0 saturated carbocycles. The van der Waals surface area contributed by atoms with Gasteiger partial charge in [-0.2, -0.15) is 11.8 Å². The summed E-state index contributed by atoms with van der Waals surface area (Å²) < 4.78 is 0. The van der Waals surface area contributed by atoms with Crippen molar-refractivity contribution in [2.24, 2.45) is 0 Å². The summed E-state index contributed by atoms with van der Waals surface area (Å²) in [6.45, 7) is 3.20. The minimum absolute atomic E-state index is 0.164. The average Bonchev–Trinajstić information content (AvgIpc) is 2.49. The summed E-state index contributed by atoms with van der Waals surface area (Å²) in [4.78, 5) is 4.49. The van der Waals surface area contributed by atoms with E-state index in [0.717, 1.165) is 12.2 Å². The first-order valence-electron chi connectivity index (χ1n) is 6.53. The van der Waals surface area contributed by atoms with Gasteiger partial charge in [-0.05, 0) is 24.0 Å². The van der Waals surface area contributed by atoms with Crippen molar-refractivity contribution < 1.29 is 0 Å². The number of aromatic nitrogens is 1. The quantitative estimate of drug-likeness (QED) is 0.871. The van der Waals surface area contributed by atoms with Crippen LogP contribution in [0.15, 0.2) is 54.7 Å². The number of nitrogens with zero attached hydrogens (tertiary/aromatic N) is 1. The molecule has 2 atom stereocenters. The fourth-order valence-corrected chi connectivity index (χ4v) is 2.22. The molecule has 0 amide bonds. The predicted octanol–water partition coefficient (Wildman–Crippen LogP) is 3.51. The first-order valence-corrected chi connectivity index (χ1v) is 7.82. The summed E-state index contributed by atoms with van der Waals surface area (Å²) >= 11 is 1.87. The molecular formula is C16H20N2S. The average molecular weight is 272 g/mol. The number of thioether (sulfide) groups is 1.